The third kappa shape index (κ3) is 10.9. The lowest BCUT2D eigenvalue weighted by Gasteiger charge is -2.42. The zero-order chi connectivity index (χ0) is 45.4. The molecule has 2 aromatic carbocycles. The van der Waals surface area contributed by atoms with Gasteiger partial charge in [0.2, 0.25) is 11.9 Å². The van der Waals surface area contributed by atoms with Crippen molar-refractivity contribution in [3.8, 4) is 23.2 Å². The smallest absolute Gasteiger partial charge is 0.417 e. The molecule has 4 aromatic rings. The number of fused-ring (bicyclic) bond motifs is 1. The van der Waals surface area contributed by atoms with Crippen LogP contribution in [-0.2, 0) is 46.6 Å². The number of anilines is 2. The predicted octanol–water partition coefficient (Wildman–Crippen LogP) is 8.58. The molecular formula is C46H56F3N7O5Si. The number of amides is 3. The molecule has 1 unspecified atom stereocenters. The van der Waals surface area contributed by atoms with Crippen molar-refractivity contribution < 1.29 is 36.7 Å². The Morgan fingerprint density at radius 2 is 1.76 bits per heavy atom. The first-order valence-corrected chi connectivity index (χ1v) is 23.7. The number of hydrogen-bond donors (Lipinski definition) is 2. The second kappa shape index (κ2) is 17.7. The number of rotatable bonds is 8. The maximum atomic E-state index is 14.4. The van der Waals surface area contributed by atoms with Gasteiger partial charge in [0, 0.05) is 56.2 Å². The monoisotopic (exact) mass is 871 g/mol. The van der Waals surface area contributed by atoms with E-state index in [4.69, 9.17) is 14.9 Å². The van der Waals surface area contributed by atoms with Crippen LogP contribution in [0.3, 0.4) is 0 Å². The summed E-state index contributed by atoms with van der Waals surface area (Å²) in [4.78, 5) is 51.2. The summed E-state index contributed by atoms with van der Waals surface area (Å²) in [5.74, 6) is 5.21. The number of benzene rings is 2. The standard InChI is InChI=1S/C46H56F3N7O5Si/c1-44(2,3)60-43(59)56-21-19-37-35(41(56)58)25-38(54(37)7)40-31(26-51-42(50)53-40)16-15-29-12-10-13-30(22-29)23-39(57)52-33-18-17-32(36(24-33)46(47,48)49)27-55-20-11-14-34(28-55)61-62(8,9)45(4,5)6/h10,12-13,17-18,22,24-26,34H,11,14,19-21,23,27-28H2,1-9H3,(H,52,57)(H2,50,51,53). The van der Waals surface area contributed by atoms with Gasteiger partial charge in [0.1, 0.15) is 11.3 Å². The Bertz CT molecular complexity index is 2420. The van der Waals surface area contributed by atoms with Crippen molar-refractivity contribution >= 4 is 37.9 Å². The van der Waals surface area contributed by atoms with Gasteiger partial charge in [-0.2, -0.15) is 13.2 Å². The van der Waals surface area contributed by atoms with E-state index < -0.39 is 43.6 Å². The Hall–Kier alpha value is -5.50. The molecule has 2 aromatic heterocycles. The number of nitrogens with zero attached hydrogens (tertiary/aromatic N) is 5. The van der Waals surface area contributed by atoms with E-state index in [1.165, 1.54) is 18.3 Å². The molecule has 12 nitrogen and oxygen atoms in total. The lowest BCUT2D eigenvalue weighted by atomic mass is 10.0. The van der Waals surface area contributed by atoms with E-state index in [9.17, 15) is 27.6 Å². The molecule has 0 saturated carbocycles. The number of hydrogen-bond acceptors (Lipinski definition) is 9. The first-order valence-electron chi connectivity index (χ1n) is 20.8. The van der Waals surface area contributed by atoms with Crippen LogP contribution in [-0.4, -0.2) is 81.9 Å². The minimum atomic E-state index is -4.62. The first kappa shape index (κ1) is 46.0. The van der Waals surface area contributed by atoms with Gasteiger partial charge in [-0.3, -0.25) is 14.5 Å². The third-order valence-corrected chi connectivity index (χ3v) is 16.1. The normalized spacial score (nSPS) is 16.4. The fourth-order valence-electron chi connectivity index (χ4n) is 7.43. The summed E-state index contributed by atoms with van der Waals surface area (Å²) < 4.78 is 57.2. The number of piperidine rings is 1. The van der Waals surface area contributed by atoms with Crippen LogP contribution in [0.2, 0.25) is 18.1 Å². The van der Waals surface area contributed by atoms with Crippen LogP contribution < -0.4 is 11.1 Å². The Kier molecular flexibility index (Phi) is 13.1. The van der Waals surface area contributed by atoms with Gasteiger partial charge in [0.25, 0.3) is 5.91 Å². The molecule has 1 atom stereocenters. The van der Waals surface area contributed by atoms with Gasteiger partial charge in [0.15, 0.2) is 8.32 Å². The second-order valence-electron chi connectivity index (χ2n) is 18.5. The average Bonchev–Trinajstić information content (AvgIpc) is 3.50. The molecule has 6 rings (SSSR count). The van der Waals surface area contributed by atoms with Crippen LogP contribution in [0, 0.1) is 11.8 Å². The summed E-state index contributed by atoms with van der Waals surface area (Å²) >= 11 is 0. The Labute approximate surface area is 362 Å². The molecular weight excluding hydrogens is 816 g/mol. The lowest BCUT2D eigenvalue weighted by Crippen LogP contribution is -2.49. The molecule has 0 aliphatic carbocycles. The van der Waals surface area contributed by atoms with Crippen LogP contribution in [0.15, 0.2) is 54.7 Å². The summed E-state index contributed by atoms with van der Waals surface area (Å²) in [5.41, 5.74) is 8.22. The predicted molar refractivity (Wildman–Crippen MR) is 235 cm³/mol. The number of nitrogens with two attached hydrogens (primary N) is 1. The first-order chi connectivity index (χ1) is 28.9. The average molecular weight is 872 g/mol. The van der Waals surface area contributed by atoms with E-state index in [1.54, 1.807) is 58.2 Å². The number of carbonyl (C=O) groups excluding carboxylic acids is 3. The SMILES string of the molecule is Cn1c(-c2nc(N)ncc2C#Cc2cccc(CC(=O)Nc3ccc(CN4CCCC(O[Si](C)(C)C(C)(C)C)C4)c(C(F)(F)F)c3)c2)cc2c1CCN(C(=O)OC(C)(C)C)C2=O. The fraction of sp³-hybridized carbons (Fsp3) is 0.457. The number of halogens is 3. The van der Waals surface area contributed by atoms with Crippen molar-refractivity contribution in [2.45, 2.75) is 110 Å². The molecule has 16 heteroatoms. The van der Waals surface area contributed by atoms with Crippen LogP contribution >= 0.6 is 0 Å². The number of ether oxygens (including phenoxy) is 1. The molecule has 1 saturated heterocycles. The topological polar surface area (TPSA) is 145 Å². The highest BCUT2D eigenvalue weighted by molar-refractivity contribution is 6.74. The van der Waals surface area contributed by atoms with Crippen molar-refractivity contribution in [3.05, 3.63) is 93.8 Å². The number of likely N-dealkylation sites (tertiary alicyclic amines) is 1. The number of alkyl halides is 3. The number of aromatic nitrogens is 3. The van der Waals surface area contributed by atoms with Crippen LogP contribution in [0.5, 0.6) is 0 Å². The third-order valence-electron chi connectivity index (χ3n) is 11.5. The quantitative estimate of drug-likeness (QED) is 0.131. The fourth-order valence-corrected chi connectivity index (χ4v) is 8.81. The summed E-state index contributed by atoms with van der Waals surface area (Å²) in [6.07, 6.45) is -1.86. The van der Waals surface area contributed by atoms with E-state index in [0.29, 0.717) is 53.2 Å². The minimum Gasteiger partial charge on any atom is -0.443 e. The molecule has 1 fully saturated rings. The zero-order valence-electron chi connectivity index (χ0n) is 36.9. The van der Waals surface area contributed by atoms with Crippen LogP contribution in [0.4, 0.5) is 29.6 Å². The molecule has 3 N–H and O–H groups in total. The molecule has 0 bridgehead atoms. The lowest BCUT2D eigenvalue weighted by molar-refractivity contribution is -0.138. The van der Waals surface area contributed by atoms with E-state index >= 15 is 0 Å². The molecule has 62 heavy (non-hydrogen) atoms. The molecule has 330 valence electrons. The molecule has 2 aliphatic rings. The molecule has 4 heterocycles. The van der Waals surface area contributed by atoms with Crippen molar-refractivity contribution in [3.63, 3.8) is 0 Å². The summed E-state index contributed by atoms with van der Waals surface area (Å²) in [7, 11) is -0.245. The number of nitrogen functional groups attached to an aromatic ring is 1. The van der Waals surface area contributed by atoms with Crippen LogP contribution in [0.1, 0.15) is 98.3 Å². The van der Waals surface area contributed by atoms with E-state index in [0.717, 1.165) is 29.5 Å². The van der Waals surface area contributed by atoms with E-state index in [1.807, 2.05) is 9.47 Å². The Balaban J connectivity index is 1.14. The highest BCUT2D eigenvalue weighted by Crippen LogP contribution is 2.39. The number of nitrogens with one attached hydrogen (secondary N) is 1. The molecule has 2 aliphatic heterocycles. The molecule has 0 spiro atoms. The largest absolute Gasteiger partial charge is 0.443 e. The van der Waals surface area contributed by atoms with E-state index in [-0.39, 0.29) is 47.9 Å². The molecule has 0 radical (unpaired) electrons. The van der Waals surface area contributed by atoms with Gasteiger partial charge in [-0.15, -0.1) is 0 Å². The maximum absolute atomic E-state index is 14.4. The highest BCUT2D eigenvalue weighted by Gasteiger charge is 2.41. The van der Waals surface area contributed by atoms with Gasteiger partial charge >= 0.3 is 12.3 Å². The number of imide groups is 1. The van der Waals surface area contributed by atoms with Crippen molar-refractivity contribution in [1.29, 1.82) is 0 Å². The minimum absolute atomic E-state index is 0.000761. The maximum Gasteiger partial charge on any atom is 0.417 e. The van der Waals surface area contributed by atoms with Gasteiger partial charge in [0.05, 0.1) is 34.9 Å². The Morgan fingerprint density at radius 3 is 2.45 bits per heavy atom. The molecule has 3 amide bonds. The number of carbonyl (C=O) groups is 3. The van der Waals surface area contributed by atoms with Gasteiger partial charge < -0.3 is 24.8 Å². The van der Waals surface area contributed by atoms with Crippen molar-refractivity contribution in [1.82, 2.24) is 24.3 Å². The summed E-state index contributed by atoms with van der Waals surface area (Å²) in [5, 5.41) is 2.68. The summed E-state index contributed by atoms with van der Waals surface area (Å²) in [6, 6.07) is 12.6. The van der Waals surface area contributed by atoms with Gasteiger partial charge in [-0.25, -0.2) is 19.7 Å². The highest BCUT2D eigenvalue weighted by atomic mass is 28.4. The zero-order valence-corrected chi connectivity index (χ0v) is 37.9. The van der Waals surface area contributed by atoms with Gasteiger partial charge in [-0.05, 0) is 99.7 Å². The summed E-state index contributed by atoms with van der Waals surface area (Å²) in [6.45, 7) is 17.6. The van der Waals surface area contributed by atoms with Gasteiger partial charge in [-0.1, -0.05) is 50.8 Å². The second-order valence-corrected chi connectivity index (χ2v) is 23.3. The Morgan fingerprint density at radius 1 is 1.02 bits per heavy atom. The van der Waals surface area contributed by atoms with E-state index in [2.05, 4.69) is 61.0 Å². The van der Waals surface area contributed by atoms with Crippen molar-refractivity contribution in [2.24, 2.45) is 7.05 Å². The van der Waals surface area contributed by atoms with Crippen LogP contribution in [0.25, 0.3) is 11.4 Å². The van der Waals surface area contributed by atoms with Crippen molar-refractivity contribution in [2.75, 3.05) is 30.7 Å².